The third kappa shape index (κ3) is 19.1. The zero-order chi connectivity index (χ0) is 27.5. The first-order valence-corrected chi connectivity index (χ1v) is 18.1. The number of rotatable bonds is 28. The predicted molar refractivity (Wildman–Crippen MR) is 173 cm³/mol. The average molecular weight is 535 g/mol. The van der Waals surface area contributed by atoms with Crippen LogP contribution in [0.25, 0.3) is 0 Å². The monoisotopic (exact) mass is 535 g/mol. The Morgan fingerprint density at radius 3 is 0.921 bits per heavy atom. The molecule has 2 heteroatoms. The topological polar surface area (TPSA) is 24.1 Å². The third-order valence-electron chi connectivity index (χ3n) is 9.90. The minimum atomic E-state index is 1.03. The van der Waals surface area contributed by atoms with Crippen LogP contribution in [0.5, 0.6) is 0 Å². The number of hydrogen-bond donors (Lipinski definition) is 2. The molecule has 1 saturated carbocycles. The SMILES string of the molecule is CCCCCCCCC1CC(CCCCCCNC)C(CCCCCCNC)CC1CCCCCCCC. The fourth-order valence-electron chi connectivity index (χ4n) is 7.46. The van der Waals surface area contributed by atoms with Gasteiger partial charge in [-0.3, -0.25) is 0 Å². The molecular weight excluding hydrogens is 460 g/mol. The smallest absolute Gasteiger partial charge is 0.00519 e. The lowest BCUT2D eigenvalue weighted by atomic mass is 9.63. The van der Waals surface area contributed by atoms with Gasteiger partial charge in [0.05, 0.1) is 0 Å². The van der Waals surface area contributed by atoms with Crippen LogP contribution in [0, 0.1) is 23.7 Å². The summed E-state index contributed by atoms with van der Waals surface area (Å²) < 4.78 is 0. The molecule has 1 rings (SSSR count). The highest BCUT2D eigenvalue weighted by Crippen LogP contribution is 2.46. The van der Waals surface area contributed by atoms with Crippen molar-refractivity contribution in [3.05, 3.63) is 0 Å². The number of unbranched alkanes of at least 4 members (excludes halogenated alkanes) is 16. The fourth-order valence-corrected chi connectivity index (χ4v) is 7.46. The van der Waals surface area contributed by atoms with Gasteiger partial charge in [0.1, 0.15) is 0 Å². The molecular formula is C36H74N2. The van der Waals surface area contributed by atoms with E-state index in [2.05, 4.69) is 38.6 Å². The van der Waals surface area contributed by atoms with Crippen molar-refractivity contribution in [2.24, 2.45) is 23.7 Å². The summed E-state index contributed by atoms with van der Waals surface area (Å²) in [6.45, 7) is 7.07. The van der Waals surface area contributed by atoms with Gasteiger partial charge in [0.2, 0.25) is 0 Å². The molecule has 0 aromatic carbocycles. The highest BCUT2D eigenvalue weighted by atomic mass is 14.8. The van der Waals surface area contributed by atoms with Crippen LogP contribution in [-0.2, 0) is 0 Å². The molecule has 0 aromatic rings. The standard InChI is InChI=1S/C36H74N2/c1-5-7-9-11-13-19-25-33-31-35(27-21-15-17-23-29-37-3)36(28-22-16-18-24-30-38-4)32-34(33)26-20-14-12-10-8-6-2/h33-38H,5-32H2,1-4H3. The van der Waals surface area contributed by atoms with E-state index in [-0.39, 0.29) is 0 Å². The van der Waals surface area contributed by atoms with Gasteiger partial charge in [-0.1, -0.05) is 155 Å². The Labute approximate surface area is 242 Å². The van der Waals surface area contributed by atoms with Crippen LogP contribution in [0.3, 0.4) is 0 Å². The van der Waals surface area contributed by atoms with E-state index in [1.54, 1.807) is 25.7 Å². The Morgan fingerprint density at radius 2 is 0.632 bits per heavy atom. The quantitative estimate of drug-likeness (QED) is 0.0975. The van der Waals surface area contributed by atoms with E-state index in [4.69, 9.17) is 0 Å². The normalized spacial score (nSPS) is 21.8. The molecule has 0 bridgehead atoms. The van der Waals surface area contributed by atoms with Crippen LogP contribution in [-0.4, -0.2) is 27.2 Å². The third-order valence-corrected chi connectivity index (χ3v) is 9.90. The van der Waals surface area contributed by atoms with Crippen molar-refractivity contribution in [2.45, 2.75) is 181 Å². The lowest BCUT2D eigenvalue weighted by molar-refractivity contribution is 0.0814. The molecule has 0 saturated heterocycles. The molecule has 0 amide bonds. The second kappa shape index (κ2) is 27.1. The summed E-state index contributed by atoms with van der Waals surface area (Å²) in [6, 6.07) is 0. The number of hydrogen-bond acceptors (Lipinski definition) is 2. The second-order valence-electron chi connectivity index (χ2n) is 13.2. The van der Waals surface area contributed by atoms with E-state index >= 15 is 0 Å². The van der Waals surface area contributed by atoms with Gasteiger partial charge in [-0.15, -0.1) is 0 Å². The lowest BCUT2D eigenvalue weighted by Crippen LogP contribution is -2.32. The lowest BCUT2D eigenvalue weighted by Gasteiger charge is -2.42. The molecule has 0 heterocycles. The first kappa shape index (κ1) is 35.9. The molecule has 4 unspecified atom stereocenters. The van der Waals surface area contributed by atoms with E-state index in [1.807, 2.05) is 0 Å². The fraction of sp³-hybridized carbons (Fsp3) is 1.00. The summed E-state index contributed by atoms with van der Waals surface area (Å²) in [7, 11) is 4.19. The summed E-state index contributed by atoms with van der Waals surface area (Å²) in [5, 5.41) is 6.66. The van der Waals surface area contributed by atoms with E-state index < -0.39 is 0 Å². The van der Waals surface area contributed by atoms with Gasteiger partial charge >= 0.3 is 0 Å². The van der Waals surface area contributed by atoms with Gasteiger partial charge in [-0.25, -0.2) is 0 Å². The van der Waals surface area contributed by atoms with E-state index in [0.29, 0.717) is 0 Å². The van der Waals surface area contributed by atoms with Crippen molar-refractivity contribution >= 4 is 0 Å². The maximum absolute atomic E-state index is 3.33. The van der Waals surface area contributed by atoms with Crippen LogP contribution in [0.2, 0.25) is 0 Å². The highest BCUT2D eigenvalue weighted by molar-refractivity contribution is 4.86. The van der Waals surface area contributed by atoms with Crippen molar-refractivity contribution in [3.8, 4) is 0 Å². The molecule has 1 aliphatic carbocycles. The molecule has 1 fully saturated rings. The molecule has 2 nitrogen and oxygen atoms in total. The van der Waals surface area contributed by atoms with Crippen molar-refractivity contribution < 1.29 is 0 Å². The summed E-state index contributed by atoms with van der Waals surface area (Å²) in [6.07, 6.45) is 38.3. The van der Waals surface area contributed by atoms with Crippen LogP contribution in [0.15, 0.2) is 0 Å². The molecule has 2 N–H and O–H groups in total. The molecule has 4 atom stereocenters. The minimum Gasteiger partial charge on any atom is -0.320 e. The van der Waals surface area contributed by atoms with Gasteiger partial charge in [-0.05, 0) is 76.5 Å². The molecule has 0 radical (unpaired) electrons. The molecule has 1 aliphatic rings. The highest BCUT2D eigenvalue weighted by Gasteiger charge is 2.35. The van der Waals surface area contributed by atoms with Gasteiger partial charge in [-0.2, -0.15) is 0 Å². The van der Waals surface area contributed by atoms with Crippen molar-refractivity contribution in [1.82, 2.24) is 10.6 Å². The minimum absolute atomic E-state index is 1.03. The molecule has 0 spiro atoms. The van der Waals surface area contributed by atoms with Crippen molar-refractivity contribution in [3.63, 3.8) is 0 Å². The second-order valence-corrected chi connectivity index (χ2v) is 13.2. The molecule has 0 aliphatic heterocycles. The largest absolute Gasteiger partial charge is 0.320 e. The van der Waals surface area contributed by atoms with Crippen LogP contribution in [0.1, 0.15) is 181 Å². The Balaban J connectivity index is 2.65. The van der Waals surface area contributed by atoms with Crippen LogP contribution >= 0.6 is 0 Å². The van der Waals surface area contributed by atoms with Gasteiger partial charge in [0.25, 0.3) is 0 Å². The zero-order valence-electron chi connectivity index (χ0n) is 27.1. The van der Waals surface area contributed by atoms with Crippen molar-refractivity contribution in [2.75, 3.05) is 27.2 Å². The van der Waals surface area contributed by atoms with Crippen LogP contribution in [0.4, 0.5) is 0 Å². The molecule has 38 heavy (non-hydrogen) atoms. The Bertz CT molecular complexity index is 382. The summed E-state index contributed by atoms with van der Waals surface area (Å²) >= 11 is 0. The summed E-state index contributed by atoms with van der Waals surface area (Å²) in [5.41, 5.74) is 0. The first-order chi connectivity index (χ1) is 18.8. The molecule has 228 valence electrons. The van der Waals surface area contributed by atoms with E-state index in [9.17, 15) is 0 Å². The van der Waals surface area contributed by atoms with Gasteiger partial charge in [0, 0.05) is 0 Å². The van der Waals surface area contributed by atoms with Crippen molar-refractivity contribution in [1.29, 1.82) is 0 Å². The Hall–Kier alpha value is -0.0800. The molecule has 0 aromatic heterocycles. The average Bonchev–Trinajstić information content (AvgIpc) is 2.93. The van der Waals surface area contributed by atoms with Gasteiger partial charge < -0.3 is 10.6 Å². The van der Waals surface area contributed by atoms with E-state index in [0.717, 1.165) is 23.7 Å². The zero-order valence-corrected chi connectivity index (χ0v) is 27.1. The first-order valence-electron chi connectivity index (χ1n) is 18.1. The number of nitrogens with one attached hydrogen (secondary N) is 2. The Morgan fingerprint density at radius 1 is 0.368 bits per heavy atom. The Kier molecular flexibility index (Phi) is 25.6. The maximum Gasteiger partial charge on any atom is -0.00519 e. The maximum atomic E-state index is 3.33. The summed E-state index contributed by atoms with van der Waals surface area (Å²) in [5.74, 6) is 4.14. The van der Waals surface area contributed by atoms with Crippen LogP contribution < -0.4 is 10.6 Å². The summed E-state index contributed by atoms with van der Waals surface area (Å²) in [4.78, 5) is 0. The van der Waals surface area contributed by atoms with Gasteiger partial charge in [0.15, 0.2) is 0 Å². The predicted octanol–water partition coefficient (Wildman–Crippen LogP) is 11.1. The van der Waals surface area contributed by atoms with E-state index in [1.165, 1.54) is 154 Å².